The van der Waals surface area contributed by atoms with E-state index in [4.69, 9.17) is 4.74 Å². The minimum absolute atomic E-state index is 0.216. The smallest absolute Gasteiger partial charge is 0.275 e. The molecule has 0 aliphatic heterocycles. The number of para-hydroxylation sites is 1. The fraction of sp³-hybridized carbons (Fsp3) is 0.0952. The molecule has 0 aliphatic rings. The number of hydrogen-bond donors (Lipinski definition) is 1. The van der Waals surface area contributed by atoms with Crippen molar-refractivity contribution in [2.75, 3.05) is 5.32 Å². The van der Waals surface area contributed by atoms with Crippen molar-refractivity contribution in [1.29, 1.82) is 0 Å². The SMILES string of the molecule is CCn1nccc1C(=O)Nc1nc(-c2ccc(Oc3ccccc3)cc2)cs1. The van der Waals surface area contributed by atoms with E-state index in [0.717, 1.165) is 22.8 Å². The van der Waals surface area contributed by atoms with Crippen LogP contribution in [0.3, 0.4) is 0 Å². The van der Waals surface area contributed by atoms with Gasteiger partial charge in [0.2, 0.25) is 0 Å². The van der Waals surface area contributed by atoms with Crippen LogP contribution in [0.5, 0.6) is 11.5 Å². The van der Waals surface area contributed by atoms with Crippen LogP contribution in [-0.2, 0) is 6.54 Å². The summed E-state index contributed by atoms with van der Waals surface area (Å²) in [6.45, 7) is 2.58. The summed E-state index contributed by atoms with van der Waals surface area (Å²) in [5.74, 6) is 1.33. The lowest BCUT2D eigenvalue weighted by Crippen LogP contribution is -2.17. The van der Waals surface area contributed by atoms with Gasteiger partial charge in [0.25, 0.3) is 5.91 Å². The van der Waals surface area contributed by atoms with Crippen molar-refractivity contribution < 1.29 is 9.53 Å². The molecule has 2 heterocycles. The molecule has 1 amide bonds. The van der Waals surface area contributed by atoms with Crippen LogP contribution in [0.4, 0.5) is 5.13 Å². The predicted molar refractivity (Wildman–Crippen MR) is 110 cm³/mol. The molecular weight excluding hydrogens is 372 g/mol. The second-order valence-corrected chi connectivity index (χ2v) is 6.82. The van der Waals surface area contributed by atoms with Crippen LogP contribution in [0.15, 0.2) is 72.2 Å². The first kappa shape index (κ1) is 17.9. The minimum Gasteiger partial charge on any atom is -0.457 e. The Morgan fingerprint density at radius 2 is 1.82 bits per heavy atom. The van der Waals surface area contributed by atoms with Gasteiger partial charge in [-0.1, -0.05) is 18.2 Å². The second kappa shape index (κ2) is 8.06. The Hall–Kier alpha value is -3.45. The molecule has 2 aromatic carbocycles. The zero-order valence-corrected chi connectivity index (χ0v) is 16.0. The molecule has 7 heteroatoms. The number of carbonyl (C=O) groups is 1. The van der Waals surface area contributed by atoms with Gasteiger partial charge in [0.15, 0.2) is 5.13 Å². The van der Waals surface area contributed by atoms with Crippen LogP contribution >= 0.6 is 11.3 Å². The highest BCUT2D eigenvalue weighted by molar-refractivity contribution is 7.14. The van der Waals surface area contributed by atoms with Crippen molar-refractivity contribution in [2.24, 2.45) is 0 Å². The molecule has 0 radical (unpaired) electrons. The van der Waals surface area contributed by atoms with Gasteiger partial charge in [0.05, 0.1) is 5.69 Å². The van der Waals surface area contributed by atoms with Crippen LogP contribution in [0.1, 0.15) is 17.4 Å². The number of rotatable bonds is 6. The van der Waals surface area contributed by atoms with E-state index >= 15 is 0 Å². The number of benzene rings is 2. The third-order valence-corrected chi connectivity index (χ3v) is 4.86. The topological polar surface area (TPSA) is 69.0 Å². The molecule has 0 aliphatic carbocycles. The van der Waals surface area contributed by atoms with E-state index in [1.54, 1.807) is 16.9 Å². The van der Waals surface area contributed by atoms with Gasteiger partial charge in [-0.05, 0) is 49.4 Å². The number of aryl methyl sites for hydroxylation is 1. The molecule has 28 heavy (non-hydrogen) atoms. The summed E-state index contributed by atoms with van der Waals surface area (Å²) < 4.78 is 7.46. The first-order valence-corrected chi connectivity index (χ1v) is 9.73. The number of anilines is 1. The van der Waals surface area contributed by atoms with E-state index in [0.29, 0.717) is 17.4 Å². The maximum absolute atomic E-state index is 12.4. The molecule has 2 aromatic heterocycles. The zero-order valence-electron chi connectivity index (χ0n) is 15.2. The Labute approximate surface area is 166 Å². The normalized spacial score (nSPS) is 10.6. The number of hydrogen-bond acceptors (Lipinski definition) is 5. The Balaban J connectivity index is 1.44. The third kappa shape index (κ3) is 3.94. The van der Waals surface area contributed by atoms with Crippen molar-refractivity contribution in [1.82, 2.24) is 14.8 Å². The van der Waals surface area contributed by atoms with Gasteiger partial charge in [0, 0.05) is 23.7 Å². The molecule has 0 saturated carbocycles. The molecule has 0 fully saturated rings. The first-order chi connectivity index (χ1) is 13.7. The van der Waals surface area contributed by atoms with E-state index < -0.39 is 0 Å². The summed E-state index contributed by atoms with van der Waals surface area (Å²) in [6.07, 6.45) is 1.62. The second-order valence-electron chi connectivity index (χ2n) is 5.96. The molecule has 140 valence electrons. The third-order valence-electron chi connectivity index (χ3n) is 4.10. The molecule has 4 rings (SSSR count). The monoisotopic (exact) mass is 390 g/mol. The number of ether oxygens (including phenoxy) is 1. The first-order valence-electron chi connectivity index (χ1n) is 8.85. The lowest BCUT2D eigenvalue weighted by molar-refractivity contribution is 0.101. The molecule has 0 unspecified atom stereocenters. The van der Waals surface area contributed by atoms with Gasteiger partial charge >= 0.3 is 0 Å². The Kier molecular flexibility index (Phi) is 5.16. The predicted octanol–water partition coefficient (Wildman–Crippen LogP) is 5.07. The Morgan fingerprint density at radius 1 is 1.07 bits per heavy atom. The quantitative estimate of drug-likeness (QED) is 0.499. The highest BCUT2D eigenvalue weighted by Crippen LogP contribution is 2.28. The summed E-state index contributed by atoms with van der Waals surface area (Å²) in [7, 11) is 0. The molecular formula is C21H18N4O2S. The molecule has 0 atom stereocenters. The summed E-state index contributed by atoms with van der Waals surface area (Å²) in [4.78, 5) is 16.9. The summed E-state index contributed by atoms with van der Waals surface area (Å²) in [5.41, 5.74) is 2.27. The van der Waals surface area contributed by atoms with Gasteiger partial charge in [0.1, 0.15) is 17.2 Å². The van der Waals surface area contributed by atoms with Gasteiger partial charge < -0.3 is 4.74 Å². The summed E-state index contributed by atoms with van der Waals surface area (Å²) in [6, 6.07) is 19.0. The summed E-state index contributed by atoms with van der Waals surface area (Å²) in [5, 5.41) is 9.42. The minimum atomic E-state index is -0.216. The average Bonchev–Trinajstić information content (AvgIpc) is 3.39. The highest BCUT2D eigenvalue weighted by atomic mass is 32.1. The number of aromatic nitrogens is 3. The van der Waals surface area contributed by atoms with Crippen molar-refractivity contribution in [3.63, 3.8) is 0 Å². The molecule has 0 bridgehead atoms. The van der Waals surface area contributed by atoms with E-state index in [1.807, 2.05) is 66.9 Å². The van der Waals surface area contributed by atoms with E-state index in [2.05, 4.69) is 15.4 Å². The van der Waals surface area contributed by atoms with E-state index in [9.17, 15) is 4.79 Å². The maximum atomic E-state index is 12.4. The van der Waals surface area contributed by atoms with Crippen LogP contribution < -0.4 is 10.1 Å². The number of nitrogens with zero attached hydrogens (tertiary/aromatic N) is 3. The molecule has 6 nitrogen and oxygen atoms in total. The molecule has 1 N–H and O–H groups in total. The van der Waals surface area contributed by atoms with Gasteiger partial charge in [-0.3, -0.25) is 14.8 Å². The van der Waals surface area contributed by atoms with Crippen LogP contribution in [0.25, 0.3) is 11.3 Å². The van der Waals surface area contributed by atoms with Crippen molar-refractivity contribution >= 4 is 22.4 Å². The molecule has 0 saturated heterocycles. The number of amides is 1. The molecule has 4 aromatic rings. The average molecular weight is 390 g/mol. The van der Waals surface area contributed by atoms with Crippen molar-refractivity contribution in [3.05, 3.63) is 77.9 Å². The van der Waals surface area contributed by atoms with Crippen molar-refractivity contribution in [2.45, 2.75) is 13.5 Å². The van der Waals surface area contributed by atoms with E-state index in [1.165, 1.54) is 11.3 Å². The van der Waals surface area contributed by atoms with E-state index in [-0.39, 0.29) is 5.91 Å². The Morgan fingerprint density at radius 3 is 2.57 bits per heavy atom. The highest BCUT2D eigenvalue weighted by Gasteiger charge is 2.13. The summed E-state index contributed by atoms with van der Waals surface area (Å²) >= 11 is 1.39. The van der Waals surface area contributed by atoms with Crippen molar-refractivity contribution in [3.8, 4) is 22.8 Å². The fourth-order valence-corrected chi connectivity index (χ4v) is 3.44. The standard InChI is InChI=1S/C21H18N4O2S/c1-2-25-19(12-13-22-25)20(26)24-21-23-18(14-28-21)15-8-10-17(11-9-15)27-16-6-4-3-5-7-16/h3-14H,2H2,1H3,(H,23,24,26). The lowest BCUT2D eigenvalue weighted by atomic mass is 10.2. The van der Waals surface area contributed by atoms with Crippen LogP contribution in [-0.4, -0.2) is 20.7 Å². The molecule has 0 spiro atoms. The van der Waals surface area contributed by atoms with Crippen LogP contribution in [0, 0.1) is 0 Å². The lowest BCUT2D eigenvalue weighted by Gasteiger charge is -2.06. The fourth-order valence-electron chi connectivity index (χ4n) is 2.72. The van der Waals surface area contributed by atoms with Gasteiger partial charge in [-0.25, -0.2) is 4.98 Å². The van der Waals surface area contributed by atoms with Crippen LogP contribution in [0.2, 0.25) is 0 Å². The van der Waals surface area contributed by atoms with Gasteiger partial charge in [-0.15, -0.1) is 11.3 Å². The number of nitrogens with one attached hydrogen (secondary N) is 1. The zero-order chi connectivity index (χ0) is 19.3. The number of carbonyl (C=O) groups excluding carboxylic acids is 1. The maximum Gasteiger partial charge on any atom is 0.275 e. The number of thiazole rings is 1. The largest absolute Gasteiger partial charge is 0.457 e. The van der Waals surface area contributed by atoms with Gasteiger partial charge in [-0.2, -0.15) is 5.10 Å². The Bertz CT molecular complexity index is 1070.